The molecule has 4 nitrogen and oxygen atoms in total. The summed E-state index contributed by atoms with van der Waals surface area (Å²) in [5.41, 5.74) is 1.52. The van der Waals surface area contributed by atoms with E-state index in [0.29, 0.717) is 6.54 Å². The zero-order valence-corrected chi connectivity index (χ0v) is 8.79. The van der Waals surface area contributed by atoms with E-state index in [0.717, 1.165) is 24.3 Å². The Hall–Kier alpha value is -1.26. The van der Waals surface area contributed by atoms with Crippen LogP contribution in [0.5, 0.6) is 0 Å². The Morgan fingerprint density at radius 1 is 1.53 bits per heavy atom. The highest BCUT2D eigenvalue weighted by molar-refractivity contribution is 6.01. The number of carbonyl (C=O) groups excluding carboxylic acids is 1. The van der Waals surface area contributed by atoms with Crippen LogP contribution in [-0.2, 0) is 0 Å². The molecule has 0 radical (unpaired) electrons. The van der Waals surface area contributed by atoms with E-state index >= 15 is 0 Å². The summed E-state index contributed by atoms with van der Waals surface area (Å²) in [5, 5.41) is 6.41. The van der Waals surface area contributed by atoms with Crippen LogP contribution >= 0.6 is 0 Å². The molecule has 2 rings (SSSR count). The Balaban J connectivity index is 2.16. The molecule has 1 atom stereocenters. The topological polar surface area (TPSA) is 54.0 Å². The molecule has 1 saturated heterocycles. The van der Waals surface area contributed by atoms with Crippen LogP contribution in [0.1, 0.15) is 16.1 Å². The highest BCUT2D eigenvalue weighted by Crippen LogP contribution is 2.07. The van der Waals surface area contributed by atoms with E-state index in [1.165, 1.54) is 0 Å². The first-order chi connectivity index (χ1) is 7.29. The van der Waals surface area contributed by atoms with Gasteiger partial charge in [0.05, 0.1) is 6.04 Å². The third-order valence-corrected chi connectivity index (χ3v) is 2.63. The number of nitrogens with one attached hydrogen (secondary N) is 2. The lowest BCUT2D eigenvalue weighted by Gasteiger charge is -2.23. The average Bonchev–Trinajstić information content (AvgIpc) is 2.30. The van der Waals surface area contributed by atoms with Gasteiger partial charge in [0.15, 0.2) is 5.78 Å². The van der Waals surface area contributed by atoms with Gasteiger partial charge in [0.1, 0.15) is 0 Å². The largest absolute Gasteiger partial charge is 0.313 e. The second-order valence-corrected chi connectivity index (χ2v) is 3.71. The first-order valence-corrected chi connectivity index (χ1v) is 5.19. The number of hydrogen-bond acceptors (Lipinski definition) is 4. The van der Waals surface area contributed by atoms with E-state index < -0.39 is 0 Å². The van der Waals surface area contributed by atoms with Crippen molar-refractivity contribution in [3.8, 4) is 0 Å². The van der Waals surface area contributed by atoms with Gasteiger partial charge in [-0.25, -0.2) is 0 Å². The molecule has 0 aliphatic carbocycles. The van der Waals surface area contributed by atoms with Crippen molar-refractivity contribution in [1.29, 1.82) is 0 Å². The van der Waals surface area contributed by atoms with E-state index in [-0.39, 0.29) is 11.8 Å². The molecule has 0 aromatic carbocycles. The molecule has 80 valence electrons. The standard InChI is InChI=1S/C11H15N3O/c1-8-9(3-2-4-13-8)11(15)10-7-12-5-6-14-10/h2-4,10,12,14H,5-7H2,1H3/t10-/m1/s1. The molecule has 1 aliphatic heterocycles. The molecule has 0 bridgehead atoms. The smallest absolute Gasteiger partial charge is 0.182 e. The molecule has 0 unspecified atom stereocenters. The number of ketones is 1. The van der Waals surface area contributed by atoms with Crippen molar-refractivity contribution in [1.82, 2.24) is 15.6 Å². The molecule has 0 spiro atoms. The molecular formula is C11H15N3O. The van der Waals surface area contributed by atoms with Crippen molar-refractivity contribution in [2.24, 2.45) is 0 Å². The first-order valence-electron chi connectivity index (χ1n) is 5.19. The van der Waals surface area contributed by atoms with Crippen LogP contribution in [0.3, 0.4) is 0 Å². The quantitative estimate of drug-likeness (QED) is 0.674. The number of Topliss-reactive ketones (excluding diaryl/α,β-unsaturated/α-hetero) is 1. The maximum atomic E-state index is 12.1. The number of piperazine rings is 1. The van der Waals surface area contributed by atoms with Gasteiger partial charge in [-0.1, -0.05) is 0 Å². The van der Waals surface area contributed by atoms with Crippen LogP contribution in [-0.4, -0.2) is 36.4 Å². The summed E-state index contributed by atoms with van der Waals surface area (Å²) < 4.78 is 0. The Morgan fingerprint density at radius 2 is 2.40 bits per heavy atom. The monoisotopic (exact) mass is 205 g/mol. The van der Waals surface area contributed by atoms with Crippen LogP contribution < -0.4 is 10.6 Å². The highest BCUT2D eigenvalue weighted by atomic mass is 16.1. The number of carbonyl (C=O) groups is 1. The molecule has 2 N–H and O–H groups in total. The second kappa shape index (κ2) is 4.51. The lowest BCUT2D eigenvalue weighted by atomic mass is 10.0. The number of hydrogen-bond donors (Lipinski definition) is 2. The van der Waals surface area contributed by atoms with Crippen LogP contribution in [0.15, 0.2) is 18.3 Å². The fourth-order valence-electron chi connectivity index (χ4n) is 1.77. The summed E-state index contributed by atoms with van der Waals surface area (Å²) in [5.74, 6) is 0.132. The van der Waals surface area contributed by atoms with Crippen molar-refractivity contribution < 1.29 is 4.79 Å². The van der Waals surface area contributed by atoms with Gasteiger partial charge in [-0.3, -0.25) is 9.78 Å². The number of aromatic nitrogens is 1. The van der Waals surface area contributed by atoms with Crippen molar-refractivity contribution in [2.75, 3.05) is 19.6 Å². The summed E-state index contributed by atoms with van der Waals surface area (Å²) in [6.45, 7) is 4.34. The van der Waals surface area contributed by atoms with Gasteiger partial charge in [-0.05, 0) is 19.1 Å². The maximum Gasteiger partial charge on any atom is 0.182 e. The second-order valence-electron chi connectivity index (χ2n) is 3.71. The van der Waals surface area contributed by atoms with Crippen molar-refractivity contribution in [2.45, 2.75) is 13.0 Å². The summed E-state index contributed by atoms with van der Waals surface area (Å²) >= 11 is 0. The van der Waals surface area contributed by atoms with Crippen LogP contribution in [0, 0.1) is 6.92 Å². The van der Waals surface area contributed by atoms with Gasteiger partial charge in [0.25, 0.3) is 0 Å². The molecule has 1 aliphatic rings. The first kappa shape index (κ1) is 10.3. The van der Waals surface area contributed by atoms with Gasteiger partial charge in [0, 0.05) is 37.1 Å². The van der Waals surface area contributed by atoms with Crippen LogP contribution in [0.2, 0.25) is 0 Å². The van der Waals surface area contributed by atoms with Crippen molar-refractivity contribution in [3.63, 3.8) is 0 Å². The molecule has 0 saturated carbocycles. The van der Waals surface area contributed by atoms with Gasteiger partial charge in [-0.2, -0.15) is 0 Å². The van der Waals surface area contributed by atoms with E-state index in [4.69, 9.17) is 0 Å². The molecule has 1 fully saturated rings. The third kappa shape index (κ3) is 2.22. The minimum atomic E-state index is -0.110. The van der Waals surface area contributed by atoms with Crippen molar-refractivity contribution >= 4 is 5.78 Å². The summed E-state index contributed by atoms with van der Waals surface area (Å²) in [6, 6.07) is 3.53. The zero-order valence-electron chi connectivity index (χ0n) is 8.79. The minimum absolute atomic E-state index is 0.110. The normalized spacial score (nSPS) is 21.3. The predicted octanol–water partition coefficient (Wildman–Crippen LogP) is 0.134. The molecule has 4 heteroatoms. The number of nitrogens with zero attached hydrogens (tertiary/aromatic N) is 1. The Kier molecular flexibility index (Phi) is 3.08. The molecule has 15 heavy (non-hydrogen) atoms. The molecular weight excluding hydrogens is 190 g/mol. The molecule has 1 aromatic heterocycles. The molecule has 1 aromatic rings. The van der Waals surface area contributed by atoms with Gasteiger partial charge >= 0.3 is 0 Å². The SMILES string of the molecule is Cc1ncccc1C(=O)[C@H]1CNCCN1. The van der Waals surface area contributed by atoms with E-state index in [1.807, 2.05) is 13.0 Å². The molecule has 0 amide bonds. The van der Waals surface area contributed by atoms with Crippen LogP contribution in [0.25, 0.3) is 0 Å². The highest BCUT2D eigenvalue weighted by Gasteiger charge is 2.22. The van der Waals surface area contributed by atoms with Crippen LogP contribution in [0.4, 0.5) is 0 Å². The van der Waals surface area contributed by atoms with E-state index in [1.54, 1.807) is 12.3 Å². The Labute approximate surface area is 89.1 Å². The zero-order chi connectivity index (χ0) is 10.7. The number of pyridine rings is 1. The maximum absolute atomic E-state index is 12.1. The van der Waals surface area contributed by atoms with E-state index in [9.17, 15) is 4.79 Å². The average molecular weight is 205 g/mol. The number of aryl methyl sites for hydroxylation is 1. The van der Waals surface area contributed by atoms with E-state index in [2.05, 4.69) is 15.6 Å². The third-order valence-electron chi connectivity index (χ3n) is 2.63. The van der Waals surface area contributed by atoms with Gasteiger partial charge in [0.2, 0.25) is 0 Å². The van der Waals surface area contributed by atoms with Crippen molar-refractivity contribution in [3.05, 3.63) is 29.6 Å². The Bertz CT molecular complexity index is 359. The lowest BCUT2D eigenvalue weighted by Crippen LogP contribution is -2.52. The minimum Gasteiger partial charge on any atom is -0.313 e. The number of rotatable bonds is 2. The predicted molar refractivity (Wildman–Crippen MR) is 58.0 cm³/mol. The summed E-state index contributed by atoms with van der Waals surface area (Å²) in [6.07, 6.45) is 1.71. The Morgan fingerprint density at radius 3 is 3.07 bits per heavy atom. The molecule has 2 heterocycles. The lowest BCUT2D eigenvalue weighted by molar-refractivity contribution is 0.0933. The fourth-order valence-corrected chi connectivity index (χ4v) is 1.77. The van der Waals surface area contributed by atoms with Gasteiger partial charge in [-0.15, -0.1) is 0 Å². The summed E-state index contributed by atoms with van der Waals surface area (Å²) in [7, 11) is 0. The summed E-state index contributed by atoms with van der Waals surface area (Å²) in [4.78, 5) is 16.2. The van der Waals surface area contributed by atoms with Gasteiger partial charge < -0.3 is 10.6 Å². The fraction of sp³-hybridized carbons (Fsp3) is 0.455.